The third-order valence-corrected chi connectivity index (χ3v) is 5.58. The number of ether oxygens (including phenoxy) is 3. The number of rotatable bonds is 14. The SMILES string of the molecule is CS(=O)(=O)OCCOCCOCCOC(c1ccccc1)(c1ccccc1)c1ccccc1. The van der Waals surface area contributed by atoms with E-state index in [-0.39, 0.29) is 13.2 Å². The van der Waals surface area contributed by atoms with Gasteiger partial charge in [0.15, 0.2) is 0 Å². The minimum atomic E-state index is -3.44. The molecule has 0 radical (unpaired) electrons. The minimum Gasteiger partial charge on any atom is -0.377 e. The second kappa shape index (κ2) is 12.6. The van der Waals surface area contributed by atoms with Crippen LogP contribution in [-0.2, 0) is 34.1 Å². The van der Waals surface area contributed by atoms with Crippen LogP contribution in [-0.4, -0.2) is 54.3 Å². The van der Waals surface area contributed by atoms with Gasteiger partial charge < -0.3 is 14.2 Å². The van der Waals surface area contributed by atoms with E-state index in [2.05, 4.69) is 40.6 Å². The predicted molar refractivity (Wildman–Crippen MR) is 128 cm³/mol. The van der Waals surface area contributed by atoms with Crippen LogP contribution in [0.15, 0.2) is 91.0 Å². The first-order valence-electron chi connectivity index (χ1n) is 10.8. The zero-order valence-electron chi connectivity index (χ0n) is 18.8. The molecular weight excluding hydrogens is 440 g/mol. The van der Waals surface area contributed by atoms with Gasteiger partial charge in [0.05, 0.1) is 45.9 Å². The van der Waals surface area contributed by atoms with Crippen molar-refractivity contribution in [2.24, 2.45) is 0 Å². The molecule has 3 rings (SSSR count). The summed E-state index contributed by atoms with van der Waals surface area (Å²) < 4.78 is 44.1. The lowest BCUT2D eigenvalue weighted by atomic mass is 9.80. The van der Waals surface area contributed by atoms with Gasteiger partial charge in [0.25, 0.3) is 10.1 Å². The summed E-state index contributed by atoms with van der Waals surface area (Å²) >= 11 is 0. The highest BCUT2D eigenvalue weighted by Gasteiger charge is 2.37. The molecular formula is C26H30O6S. The molecule has 0 aliphatic carbocycles. The highest BCUT2D eigenvalue weighted by Crippen LogP contribution is 2.40. The van der Waals surface area contributed by atoms with Crippen molar-refractivity contribution < 1.29 is 26.8 Å². The Hall–Kier alpha value is -2.55. The van der Waals surface area contributed by atoms with Crippen molar-refractivity contribution in [1.82, 2.24) is 0 Å². The molecule has 0 saturated carbocycles. The van der Waals surface area contributed by atoms with Crippen LogP contribution in [0.2, 0.25) is 0 Å². The number of hydrogen-bond acceptors (Lipinski definition) is 6. The molecule has 3 aromatic rings. The van der Waals surface area contributed by atoms with Crippen LogP contribution >= 0.6 is 0 Å². The van der Waals surface area contributed by atoms with Gasteiger partial charge in [-0.05, 0) is 16.7 Å². The summed E-state index contributed by atoms with van der Waals surface area (Å²) in [6.45, 7) is 1.65. The van der Waals surface area contributed by atoms with Crippen molar-refractivity contribution in [1.29, 1.82) is 0 Å². The van der Waals surface area contributed by atoms with Crippen molar-refractivity contribution >= 4 is 10.1 Å². The second-order valence-electron chi connectivity index (χ2n) is 7.38. The molecule has 0 aliphatic heterocycles. The Morgan fingerprint density at radius 2 is 0.939 bits per heavy atom. The normalized spacial score (nSPS) is 12.0. The van der Waals surface area contributed by atoms with Crippen molar-refractivity contribution in [3.63, 3.8) is 0 Å². The van der Waals surface area contributed by atoms with Crippen LogP contribution < -0.4 is 0 Å². The Morgan fingerprint density at radius 1 is 0.576 bits per heavy atom. The van der Waals surface area contributed by atoms with Crippen molar-refractivity contribution in [2.45, 2.75) is 5.60 Å². The molecule has 6 nitrogen and oxygen atoms in total. The van der Waals surface area contributed by atoms with Gasteiger partial charge in [0.2, 0.25) is 0 Å². The average Bonchev–Trinajstić information content (AvgIpc) is 2.84. The third-order valence-electron chi connectivity index (χ3n) is 4.98. The van der Waals surface area contributed by atoms with E-state index in [1.165, 1.54) is 0 Å². The molecule has 0 aromatic heterocycles. The fourth-order valence-corrected chi connectivity index (χ4v) is 3.96. The van der Waals surface area contributed by atoms with Crippen LogP contribution in [0.3, 0.4) is 0 Å². The summed E-state index contributed by atoms with van der Waals surface area (Å²) in [5, 5.41) is 0. The van der Waals surface area contributed by atoms with Crippen molar-refractivity contribution in [3.8, 4) is 0 Å². The molecule has 0 amide bonds. The molecule has 0 bridgehead atoms. The number of benzene rings is 3. The van der Waals surface area contributed by atoms with E-state index in [1.807, 2.05) is 54.6 Å². The lowest BCUT2D eigenvalue weighted by Crippen LogP contribution is -2.34. The van der Waals surface area contributed by atoms with E-state index >= 15 is 0 Å². The Kier molecular flexibility index (Phi) is 9.60. The highest BCUT2D eigenvalue weighted by molar-refractivity contribution is 7.85. The van der Waals surface area contributed by atoms with Crippen molar-refractivity contribution in [2.75, 3.05) is 45.9 Å². The van der Waals surface area contributed by atoms with Gasteiger partial charge >= 0.3 is 0 Å². The molecule has 33 heavy (non-hydrogen) atoms. The molecule has 0 atom stereocenters. The molecule has 0 N–H and O–H groups in total. The molecule has 0 spiro atoms. The van der Waals surface area contributed by atoms with Gasteiger partial charge in [-0.25, -0.2) is 0 Å². The lowest BCUT2D eigenvalue weighted by molar-refractivity contribution is -0.0344. The summed E-state index contributed by atoms with van der Waals surface area (Å²) in [4.78, 5) is 0. The second-order valence-corrected chi connectivity index (χ2v) is 9.02. The van der Waals surface area contributed by atoms with E-state index in [0.717, 1.165) is 22.9 Å². The van der Waals surface area contributed by atoms with Crippen LogP contribution in [0.4, 0.5) is 0 Å². The summed E-state index contributed by atoms with van der Waals surface area (Å²) in [7, 11) is -3.44. The maximum atomic E-state index is 10.9. The molecule has 176 valence electrons. The topological polar surface area (TPSA) is 71.1 Å². The van der Waals surface area contributed by atoms with E-state index in [9.17, 15) is 8.42 Å². The van der Waals surface area contributed by atoms with Crippen molar-refractivity contribution in [3.05, 3.63) is 108 Å². The van der Waals surface area contributed by atoms with Gasteiger partial charge in [0.1, 0.15) is 5.60 Å². The zero-order chi connectivity index (χ0) is 23.4. The quantitative estimate of drug-likeness (QED) is 0.201. The Bertz CT molecular complexity index is 943. The monoisotopic (exact) mass is 470 g/mol. The van der Waals surface area contributed by atoms with Crippen LogP contribution in [0.1, 0.15) is 16.7 Å². The van der Waals surface area contributed by atoms with Gasteiger partial charge in [-0.3, -0.25) is 4.18 Å². The summed E-state index contributed by atoms with van der Waals surface area (Å²) in [5.41, 5.74) is 2.34. The van der Waals surface area contributed by atoms with Gasteiger partial charge in [0, 0.05) is 0 Å². The molecule has 3 aromatic carbocycles. The summed E-state index contributed by atoms with van der Waals surface area (Å²) in [5.74, 6) is 0. The van der Waals surface area contributed by atoms with Gasteiger partial charge in [-0.15, -0.1) is 0 Å². The fraction of sp³-hybridized carbons (Fsp3) is 0.308. The fourth-order valence-electron chi connectivity index (χ4n) is 3.59. The Balaban J connectivity index is 1.63. The van der Waals surface area contributed by atoms with E-state index in [1.54, 1.807) is 0 Å². The van der Waals surface area contributed by atoms with E-state index in [0.29, 0.717) is 26.4 Å². The lowest BCUT2D eigenvalue weighted by Gasteiger charge is -2.36. The molecule has 0 unspecified atom stereocenters. The van der Waals surface area contributed by atoms with E-state index < -0.39 is 15.7 Å². The first kappa shape index (κ1) is 25.1. The number of hydrogen-bond donors (Lipinski definition) is 0. The molecule has 0 saturated heterocycles. The van der Waals surface area contributed by atoms with Crippen LogP contribution in [0.25, 0.3) is 0 Å². The molecule has 7 heteroatoms. The summed E-state index contributed by atoms with van der Waals surface area (Å²) in [6, 6.07) is 30.5. The minimum absolute atomic E-state index is 0.00427. The molecule has 0 heterocycles. The maximum Gasteiger partial charge on any atom is 0.264 e. The molecule has 0 aliphatic rings. The standard InChI is InChI=1S/C26H30O6S/c1-33(27,28)32-22-20-30-18-17-29-19-21-31-26(23-11-5-2-6-12-23,24-13-7-3-8-14-24)25-15-9-4-10-16-25/h2-16H,17-22H2,1H3. The maximum absolute atomic E-state index is 10.9. The first-order chi connectivity index (χ1) is 16.0. The van der Waals surface area contributed by atoms with Crippen LogP contribution in [0, 0.1) is 0 Å². The van der Waals surface area contributed by atoms with Gasteiger partial charge in [-0.2, -0.15) is 8.42 Å². The van der Waals surface area contributed by atoms with E-state index in [4.69, 9.17) is 14.2 Å². The van der Waals surface area contributed by atoms with Crippen LogP contribution in [0.5, 0.6) is 0 Å². The average molecular weight is 471 g/mol. The highest BCUT2D eigenvalue weighted by atomic mass is 32.2. The van der Waals surface area contributed by atoms with Gasteiger partial charge in [-0.1, -0.05) is 91.0 Å². The summed E-state index contributed by atoms with van der Waals surface area (Å²) in [6.07, 6.45) is 1.01. The Labute approximate surface area is 196 Å². The first-order valence-corrected chi connectivity index (χ1v) is 12.6. The third kappa shape index (κ3) is 7.48. The smallest absolute Gasteiger partial charge is 0.264 e. The largest absolute Gasteiger partial charge is 0.377 e. The Morgan fingerprint density at radius 3 is 1.33 bits per heavy atom. The predicted octanol–water partition coefficient (Wildman–Crippen LogP) is 4.00. The zero-order valence-corrected chi connectivity index (χ0v) is 19.6. The molecule has 0 fully saturated rings.